The molecule has 0 bridgehead atoms. The Morgan fingerprint density at radius 1 is 1.08 bits per heavy atom. The van der Waals surface area contributed by atoms with Crippen LogP contribution < -0.4 is 15.4 Å². The molecule has 142 valence electrons. The van der Waals surface area contributed by atoms with Crippen molar-refractivity contribution in [2.75, 3.05) is 33.9 Å². The summed E-state index contributed by atoms with van der Waals surface area (Å²) < 4.78 is 10.6. The van der Waals surface area contributed by atoms with Gasteiger partial charge in [-0.15, -0.1) is 24.0 Å². The van der Waals surface area contributed by atoms with Crippen molar-refractivity contribution in [1.82, 2.24) is 20.6 Å². The highest BCUT2D eigenvalue weighted by molar-refractivity contribution is 14.0. The van der Waals surface area contributed by atoms with E-state index in [1.54, 1.807) is 26.6 Å². The molecule has 0 aliphatic rings. The second-order valence-corrected chi connectivity index (χ2v) is 5.23. The number of methoxy groups -OCH3 is 1. The molecule has 0 fully saturated rings. The standard InChI is InChI=1S/C18H25N5O2.HI/c1-19-18(22-11-8-16-7-3-4-9-20-16)23-14-15-6-5-10-21-17(15)25-13-12-24-2;/h3-7,9-10H,8,11-14H2,1-2H3,(H2,19,22,23);1H. The van der Waals surface area contributed by atoms with Crippen LogP contribution >= 0.6 is 24.0 Å². The van der Waals surface area contributed by atoms with Crippen molar-refractivity contribution >= 4 is 29.9 Å². The van der Waals surface area contributed by atoms with Crippen LogP contribution in [0.5, 0.6) is 5.88 Å². The SMILES string of the molecule is CN=C(NCCc1ccccn1)NCc1cccnc1OCCOC.I. The van der Waals surface area contributed by atoms with Gasteiger partial charge in [-0.05, 0) is 18.2 Å². The Kier molecular flexibility index (Phi) is 11.3. The van der Waals surface area contributed by atoms with Gasteiger partial charge in [0.05, 0.1) is 6.61 Å². The molecule has 0 aromatic carbocycles. The fourth-order valence-corrected chi connectivity index (χ4v) is 2.16. The van der Waals surface area contributed by atoms with Crippen LogP contribution in [0.15, 0.2) is 47.7 Å². The third kappa shape index (κ3) is 7.96. The first kappa shape index (κ1) is 22.1. The van der Waals surface area contributed by atoms with Crippen LogP contribution in [0.25, 0.3) is 0 Å². The Balaban J connectivity index is 0.00000338. The fourth-order valence-electron chi connectivity index (χ4n) is 2.16. The summed E-state index contributed by atoms with van der Waals surface area (Å²) in [6.07, 6.45) is 4.35. The largest absolute Gasteiger partial charge is 0.475 e. The number of rotatable bonds is 9. The third-order valence-corrected chi connectivity index (χ3v) is 3.45. The highest BCUT2D eigenvalue weighted by Gasteiger charge is 2.06. The first-order valence-electron chi connectivity index (χ1n) is 8.23. The number of pyridine rings is 2. The number of hydrogen-bond acceptors (Lipinski definition) is 5. The molecule has 0 amide bonds. The zero-order chi connectivity index (χ0) is 17.7. The van der Waals surface area contributed by atoms with Crippen molar-refractivity contribution in [2.45, 2.75) is 13.0 Å². The number of hydrogen-bond donors (Lipinski definition) is 2. The normalized spacial score (nSPS) is 10.8. The van der Waals surface area contributed by atoms with Crippen molar-refractivity contribution < 1.29 is 9.47 Å². The molecule has 26 heavy (non-hydrogen) atoms. The maximum absolute atomic E-state index is 5.64. The topological polar surface area (TPSA) is 80.7 Å². The van der Waals surface area contributed by atoms with Crippen LogP contribution in [-0.2, 0) is 17.7 Å². The van der Waals surface area contributed by atoms with Gasteiger partial charge in [0.1, 0.15) is 6.61 Å². The Bertz CT molecular complexity index is 655. The van der Waals surface area contributed by atoms with Crippen LogP contribution in [0, 0.1) is 0 Å². The molecule has 0 aliphatic carbocycles. The Morgan fingerprint density at radius 2 is 1.92 bits per heavy atom. The molecular formula is C18H26IN5O2. The molecule has 0 spiro atoms. The number of ether oxygens (including phenoxy) is 2. The average Bonchev–Trinajstić information content (AvgIpc) is 2.66. The highest BCUT2D eigenvalue weighted by Crippen LogP contribution is 2.13. The van der Waals surface area contributed by atoms with E-state index in [0.29, 0.717) is 25.6 Å². The lowest BCUT2D eigenvalue weighted by Gasteiger charge is -2.14. The van der Waals surface area contributed by atoms with E-state index in [0.717, 1.165) is 30.2 Å². The molecule has 2 aromatic rings. The smallest absolute Gasteiger partial charge is 0.218 e. The summed E-state index contributed by atoms with van der Waals surface area (Å²) in [6, 6.07) is 9.78. The minimum absolute atomic E-state index is 0. The minimum Gasteiger partial charge on any atom is -0.475 e. The quantitative estimate of drug-likeness (QED) is 0.252. The predicted octanol–water partition coefficient (Wildman–Crippen LogP) is 2.03. The summed E-state index contributed by atoms with van der Waals surface area (Å²) in [5.74, 6) is 1.33. The predicted molar refractivity (Wildman–Crippen MR) is 113 cm³/mol. The number of aromatic nitrogens is 2. The van der Waals surface area contributed by atoms with Gasteiger partial charge < -0.3 is 20.1 Å². The summed E-state index contributed by atoms with van der Waals surface area (Å²) >= 11 is 0. The van der Waals surface area contributed by atoms with Gasteiger partial charge in [0.25, 0.3) is 0 Å². The Labute approximate surface area is 171 Å². The van der Waals surface area contributed by atoms with Gasteiger partial charge in [-0.2, -0.15) is 0 Å². The molecule has 2 N–H and O–H groups in total. The van der Waals surface area contributed by atoms with E-state index in [1.807, 2.05) is 30.3 Å². The van der Waals surface area contributed by atoms with Crippen molar-refractivity contribution in [3.05, 3.63) is 54.0 Å². The highest BCUT2D eigenvalue weighted by atomic mass is 127. The lowest BCUT2D eigenvalue weighted by molar-refractivity contribution is 0.143. The molecule has 2 rings (SSSR count). The van der Waals surface area contributed by atoms with Gasteiger partial charge in [0, 0.05) is 57.3 Å². The summed E-state index contributed by atoms with van der Waals surface area (Å²) in [4.78, 5) is 12.8. The average molecular weight is 471 g/mol. The number of nitrogens with zero attached hydrogens (tertiary/aromatic N) is 3. The minimum atomic E-state index is 0. The molecule has 0 aliphatic heterocycles. The van der Waals surface area contributed by atoms with Crippen LogP contribution in [0.4, 0.5) is 0 Å². The lowest BCUT2D eigenvalue weighted by atomic mass is 10.2. The van der Waals surface area contributed by atoms with E-state index < -0.39 is 0 Å². The third-order valence-electron chi connectivity index (χ3n) is 3.45. The maximum atomic E-state index is 5.64. The van der Waals surface area contributed by atoms with Crippen LogP contribution in [0.2, 0.25) is 0 Å². The van der Waals surface area contributed by atoms with Gasteiger partial charge in [-0.1, -0.05) is 12.1 Å². The first-order valence-corrected chi connectivity index (χ1v) is 8.23. The van der Waals surface area contributed by atoms with E-state index >= 15 is 0 Å². The van der Waals surface area contributed by atoms with Crippen molar-refractivity contribution in [2.24, 2.45) is 4.99 Å². The summed E-state index contributed by atoms with van der Waals surface area (Å²) in [6.45, 7) is 2.32. The van der Waals surface area contributed by atoms with Gasteiger partial charge in [-0.25, -0.2) is 4.98 Å². The molecule has 0 radical (unpaired) electrons. The fraction of sp³-hybridized carbons (Fsp3) is 0.389. The Hall–Kier alpha value is -1.94. The van der Waals surface area contributed by atoms with E-state index in [4.69, 9.17) is 9.47 Å². The molecule has 8 heteroatoms. The van der Waals surface area contributed by atoms with Gasteiger partial charge in [-0.3, -0.25) is 9.98 Å². The zero-order valence-corrected chi connectivity index (χ0v) is 17.5. The van der Waals surface area contributed by atoms with Crippen molar-refractivity contribution in [3.63, 3.8) is 0 Å². The molecule has 2 heterocycles. The van der Waals surface area contributed by atoms with Gasteiger partial charge in [0.2, 0.25) is 5.88 Å². The maximum Gasteiger partial charge on any atom is 0.218 e. The lowest BCUT2D eigenvalue weighted by Crippen LogP contribution is -2.38. The van der Waals surface area contributed by atoms with E-state index in [-0.39, 0.29) is 24.0 Å². The molecule has 0 unspecified atom stereocenters. The summed E-state index contributed by atoms with van der Waals surface area (Å²) in [5.41, 5.74) is 2.01. The van der Waals surface area contributed by atoms with E-state index in [2.05, 4.69) is 25.6 Å². The van der Waals surface area contributed by atoms with Crippen molar-refractivity contribution in [1.29, 1.82) is 0 Å². The molecule has 0 atom stereocenters. The molecule has 2 aromatic heterocycles. The monoisotopic (exact) mass is 471 g/mol. The second-order valence-electron chi connectivity index (χ2n) is 5.23. The van der Waals surface area contributed by atoms with Crippen LogP contribution in [-0.4, -0.2) is 49.8 Å². The number of halogens is 1. The summed E-state index contributed by atoms with van der Waals surface area (Å²) in [7, 11) is 3.39. The number of guanidine groups is 1. The van der Waals surface area contributed by atoms with E-state index in [1.165, 1.54) is 0 Å². The van der Waals surface area contributed by atoms with Gasteiger partial charge >= 0.3 is 0 Å². The van der Waals surface area contributed by atoms with E-state index in [9.17, 15) is 0 Å². The Morgan fingerprint density at radius 3 is 2.65 bits per heavy atom. The molecule has 0 saturated heterocycles. The zero-order valence-electron chi connectivity index (χ0n) is 15.1. The second kappa shape index (κ2) is 13.3. The van der Waals surface area contributed by atoms with Crippen LogP contribution in [0.1, 0.15) is 11.3 Å². The van der Waals surface area contributed by atoms with Crippen LogP contribution in [0.3, 0.4) is 0 Å². The van der Waals surface area contributed by atoms with Gasteiger partial charge in [0.15, 0.2) is 5.96 Å². The molecule has 7 nitrogen and oxygen atoms in total. The molecule has 0 saturated carbocycles. The first-order chi connectivity index (χ1) is 12.3. The molecular weight excluding hydrogens is 445 g/mol. The summed E-state index contributed by atoms with van der Waals surface area (Å²) in [5, 5.41) is 6.55. The number of nitrogens with one attached hydrogen (secondary N) is 2. The van der Waals surface area contributed by atoms with Crippen molar-refractivity contribution in [3.8, 4) is 5.88 Å². The number of aliphatic imine (C=N–C) groups is 1.